The molecule has 0 fully saturated rings. The number of carbonyl (C=O) groups is 1. The molecule has 1 atom stereocenters. The van der Waals surface area contributed by atoms with Crippen LogP contribution in [0.5, 0.6) is 0 Å². The van der Waals surface area contributed by atoms with E-state index < -0.39 is 0 Å². The molecular weight excluding hydrogens is 300 g/mol. The minimum atomic E-state index is -0.156. The molecule has 2 aromatic carbocycles. The summed E-state index contributed by atoms with van der Waals surface area (Å²) in [5.74, 6) is 0.00887. The maximum Gasteiger partial charge on any atom is 0.193 e. The van der Waals surface area contributed by atoms with Gasteiger partial charge in [0.25, 0.3) is 0 Å². The Morgan fingerprint density at radius 2 is 1.52 bits per heavy atom. The number of rotatable bonds is 5. The van der Waals surface area contributed by atoms with E-state index in [1.54, 1.807) is 24.3 Å². The summed E-state index contributed by atoms with van der Waals surface area (Å²) in [4.78, 5) is 12.4. The fourth-order valence-electron chi connectivity index (χ4n) is 2.38. The Hall–Kier alpha value is -1.25. The summed E-state index contributed by atoms with van der Waals surface area (Å²) in [5, 5.41) is 0.632. The van der Waals surface area contributed by atoms with Gasteiger partial charge in [-0.15, -0.1) is 0 Å². The van der Waals surface area contributed by atoms with Crippen molar-refractivity contribution in [1.82, 2.24) is 0 Å². The van der Waals surface area contributed by atoms with Gasteiger partial charge in [-0.2, -0.15) is 12.6 Å². The number of halogens is 1. The van der Waals surface area contributed by atoms with Gasteiger partial charge in [-0.1, -0.05) is 49.2 Å². The molecule has 0 aromatic heterocycles. The molecule has 0 aliphatic rings. The first-order chi connectivity index (χ1) is 9.94. The van der Waals surface area contributed by atoms with Crippen LogP contribution in [0.25, 0.3) is 0 Å². The van der Waals surface area contributed by atoms with E-state index in [4.69, 9.17) is 24.2 Å². The third kappa shape index (κ3) is 3.90. The van der Waals surface area contributed by atoms with Gasteiger partial charge < -0.3 is 0 Å². The number of thiol groups is 1. The lowest BCUT2D eigenvalue weighted by molar-refractivity contribution is 0.103. The van der Waals surface area contributed by atoms with Crippen molar-refractivity contribution in [3.63, 3.8) is 0 Å². The van der Waals surface area contributed by atoms with Gasteiger partial charge >= 0.3 is 0 Å². The van der Waals surface area contributed by atoms with Crippen molar-refractivity contribution in [1.29, 1.82) is 0 Å². The van der Waals surface area contributed by atoms with Gasteiger partial charge in [0.1, 0.15) is 0 Å². The minimum absolute atomic E-state index is 0.00887. The summed E-state index contributed by atoms with van der Waals surface area (Å²) in [6.07, 6.45) is 2.08. The number of ketones is 1. The normalized spacial score (nSPS) is 13.7. The maximum atomic E-state index is 12.4. The Morgan fingerprint density at radius 1 is 1.05 bits per heavy atom. The monoisotopic (exact) mass is 318 g/mol. The smallest absolute Gasteiger partial charge is 0.193 e. The zero-order chi connectivity index (χ0) is 15.5. The molecule has 0 saturated carbocycles. The van der Waals surface area contributed by atoms with Gasteiger partial charge in [0.05, 0.1) is 0 Å². The molecule has 110 valence electrons. The molecule has 1 unspecified atom stereocenters. The second-order valence-electron chi connectivity index (χ2n) is 5.44. The van der Waals surface area contributed by atoms with Crippen LogP contribution < -0.4 is 0 Å². The van der Waals surface area contributed by atoms with Gasteiger partial charge in [0, 0.05) is 20.9 Å². The van der Waals surface area contributed by atoms with Crippen molar-refractivity contribution < 1.29 is 4.79 Å². The first-order valence-corrected chi connectivity index (χ1v) is 7.90. The van der Waals surface area contributed by atoms with Gasteiger partial charge in [-0.05, 0) is 43.2 Å². The van der Waals surface area contributed by atoms with E-state index >= 15 is 0 Å². The van der Waals surface area contributed by atoms with Crippen LogP contribution in [0.1, 0.15) is 48.2 Å². The second kappa shape index (κ2) is 6.67. The lowest BCUT2D eigenvalue weighted by Gasteiger charge is -2.23. The Morgan fingerprint density at radius 3 is 2.00 bits per heavy atom. The van der Waals surface area contributed by atoms with Crippen LogP contribution in [-0.2, 0) is 4.75 Å². The SMILES string of the molecule is CCCC(C)(S)c1ccc(C(=O)c2ccc(Cl)cc2)cc1. The van der Waals surface area contributed by atoms with Gasteiger partial charge in [-0.3, -0.25) is 4.79 Å². The van der Waals surface area contributed by atoms with E-state index in [2.05, 4.69) is 13.8 Å². The highest BCUT2D eigenvalue weighted by molar-refractivity contribution is 7.81. The molecule has 0 radical (unpaired) electrons. The molecule has 0 heterocycles. The van der Waals surface area contributed by atoms with Crippen molar-refractivity contribution in [2.24, 2.45) is 0 Å². The Bertz CT molecular complexity index is 615. The summed E-state index contributed by atoms with van der Waals surface area (Å²) in [6, 6.07) is 14.7. The van der Waals surface area contributed by atoms with Crippen molar-refractivity contribution in [3.8, 4) is 0 Å². The highest BCUT2D eigenvalue weighted by Crippen LogP contribution is 2.33. The molecule has 21 heavy (non-hydrogen) atoms. The first kappa shape index (κ1) is 16.1. The Balaban J connectivity index is 2.22. The third-order valence-corrected chi connectivity index (χ3v) is 4.35. The van der Waals surface area contributed by atoms with E-state index in [-0.39, 0.29) is 10.5 Å². The zero-order valence-electron chi connectivity index (χ0n) is 12.3. The molecule has 0 saturated heterocycles. The Kier molecular flexibility index (Phi) is 5.13. The van der Waals surface area contributed by atoms with Crippen LogP contribution in [0.3, 0.4) is 0 Å². The molecule has 2 aromatic rings. The van der Waals surface area contributed by atoms with E-state index in [9.17, 15) is 4.79 Å². The maximum absolute atomic E-state index is 12.4. The highest BCUT2D eigenvalue weighted by atomic mass is 35.5. The average molecular weight is 319 g/mol. The number of benzene rings is 2. The number of hydrogen-bond donors (Lipinski definition) is 1. The van der Waals surface area contributed by atoms with Gasteiger partial charge in [0.2, 0.25) is 0 Å². The summed E-state index contributed by atoms with van der Waals surface area (Å²) in [7, 11) is 0. The summed E-state index contributed by atoms with van der Waals surface area (Å²) in [6.45, 7) is 4.25. The fraction of sp³-hybridized carbons (Fsp3) is 0.278. The van der Waals surface area contributed by atoms with Crippen molar-refractivity contribution >= 4 is 30.0 Å². The zero-order valence-corrected chi connectivity index (χ0v) is 13.9. The van der Waals surface area contributed by atoms with Gasteiger partial charge in [0.15, 0.2) is 5.78 Å². The van der Waals surface area contributed by atoms with Crippen LogP contribution in [0, 0.1) is 0 Å². The van der Waals surface area contributed by atoms with Crippen LogP contribution in [-0.4, -0.2) is 5.78 Å². The van der Waals surface area contributed by atoms with E-state index in [0.717, 1.165) is 18.4 Å². The molecule has 1 nitrogen and oxygen atoms in total. The number of carbonyl (C=O) groups excluding carboxylic acids is 1. The topological polar surface area (TPSA) is 17.1 Å². The predicted octanol–water partition coefficient (Wildman–Crippen LogP) is 5.52. The highest BCUT2D eigenvalue weighted by Gasteiger charge is 2.20. The molecule has 0 spiro atoms. The van der Waals surface area contributed by atoms with E-state index in [1.165, 1.54) is 0 Å². The lowest BCUT2D eigenvalue weighted by Crippen LogP contribution is -2.13. The van der Waals surface area contributed by atoms with E-state index in [1.807, 2.05) is 24.3 Å². The van der Waals surface area contributed by atoms with Crippen LogP contribution in [0.15, 0.2) is 48.5 Å². The molecule has 2 rings (SSSR count). The fourth-order valence-corrected chi connectivity index (χ4v) is 2.88. The molecule has 0 aliphatic carbocycles. The summed E-state index contributed by atoms with van der Waals surface area (Å²) >= 11 is 10.6. The second-order valence-corrected chi connectivity index (χ2v) is 6.86. The predicted molar refractivity (Wildman–Crippen MR) is 92.6 cm³/mol. The molecule has 0 N–H and O–H groups in total. The van der Waals surface area contributed by atoms with Crippen LogP contribution >= 0.6 is 24.2 Å². The van der Waals surface area contributed by atoms with Crippen molar-refractivity contribution in [2.75, 3.05) is 0 Å². The molecule has 0 amide bonds. The average Bonchev–Trinajstić information content (AvgIpc) is 2.47. The quantitative estimate of drug-likeness (QED) is 0.567. The first-order valence-electron chi connectivity index (χ1n) is 7.07. The largest absolute Gasteiger partial charge is 0.289 e. The van der Waals surface area contributed by atoms with E-state index in [0.29, 0.717) is 16.1 Å². The molecule has 0 bridgehead atoms. The molecular formula is C18H19ClOS. The minimum Gasteiger partial charge on any atom is -0.289 e. The summed E-state index contributed by atoms with van der Waals surface area (Å²) in [5.41, 5.74) is 2.47. The molecule has 0 aliphatic heterocycles. The lowest BCUT2D eigenvalue weighted by atomic mass is 9.93. The molecule has 3 heteroatoms. The van der Waals surface area contributed by atoms with Gasteiger partial charge in [-0.25, -0.2) is 0 Å². The van der Waals surface area contributed by atoms with Crippen LogP contribution in [0.4, 0.5) is 0 Å². The summed E-state index contributed by atoms with van der Waals surface area (Å²) < 4.78 is -0.156. The Labute approximate surface area is 136 Å². The standard InChI is InChI=1S/C18H19ClOS/c1-3-12-18(2,21)15-8-4-13(5-9-15)17(20)14-6-10-16(19)11-7-14/h4-11,21H,3,12H2,1-2H3. The van der Waals surface area contributed by atoms with Crippen molar-refractivity contribution in [2.45, 2.75) is 31.4 Å². The number of hydrogen-bond acceptors (Lipinski definition) is 2. The van der Waals surface area contributed by atoms with Crippen molar-refractivity contribution in [3.05, 3.63) is 70.2 Å². The van der Waals surface area contributed by atoms with Crippen LogP contribution in [0.2, 0.25) is 5.02 Å². The third-order valence-electron chi connectivity index (χ3n) is 3.61.